The van der Waals surface area contributed by atoms with Crippen LogP contribution in [0.2, 0.25) is 0 Å². The zero-order valence-electron chi connectivity index (χ0n) is 8.06. The summed E-state index contributed by atoms with van der Waals surface area (Å²) in [5, 5.41) is 0. The van der Waals surface area contributed by atoms with Crippen LogP contribution in [0, 0.1) is 12.2 Å². The summed E-state index contributed by atoms with van der Waals surface area (Å²) in [6.45, 7) is 1.55. The molecule has 1 nitrogen and oxygen atoms in total. The number of carbonyl (C=O) groups excluding carboxylic acids is 1. The molecule has 0 aromatic heterocycles. The number of rotatable bonds is 1. The summed E-state index contributed by atoms with van der Waals surface area (Å²) in [4.78, 5) is 10.5. The molecule has 0 spiro atoms. The number of ketones is 1. The first-order valence-electron chi connectivity index (χ1n) is 4.31. The topological polar surface area (TPSA) is 17.1 Å². The van der Waals surface area contributed by atoms with Crippen molar-refractivity contribution in [2.45, 2.75) is 19.8 Å². The maximum Gasteiger partial charge on any atom is 2.00 e. The van der Waals surface area contributed by atoms with E-state index in [2.05, 4.69) is 18.2 Å². The summed E-state index contributed by atoms with van der Waals surface area (Å²) in [7, 11) is 0. The Morgan fingerprint density at radius 3 is 2.36 bits per heavy atom. The van der Waals surface area contributed by atoms with Gasteiger partial charge in [0.25, 0.3) is 0 Å². The molecule has 0 atom stereocenters. The molecule has 0 fully saturated rings. The molecule has 2 heteroatoms. The van der Waals surface area contributed by atoms with Gasteiger partial charge < -0.3 is 4.79 Å². The third-order valence-electron chi connectivity index (χ3n) is 1.66. The second-order valence-corrected chi connectivity index (χ2v) is 2.76. The summed E-state index contributed by atoms with van der Waals surface area (Å²) in [5.74, 6) is 0.110. The van der Waals surface area contributed by atoms with E-state index in [4.69, 9.17) is 0 Å². The Morgan fingerprint density at radius 1 is 1.36 bits per heavy atom. The van der Waals surface area contributed by atoms with Gasteiger partial charge in [-0.15, -0.1) is 12.5 Å². The number of allylic oxidation sites excluding steroid dienone is 8. The smallest absolute Gasteiger partial charge is 0.371 e. The summed E-state index contributed by atoms with van der Waals surface area (Å²) < 4.78 is 0. The molecular weight excluding hydrogens is 261 g/mol. The van der Waals surface area contributed by atoms with Crippen molar-refractivity contribution in [3.05, 3.63) is 48.1 Å². The number of Topliss-reactive ketones (excluding diaryl/α,β-unsaturated/α-hetero) is 1. The Balaban J connectivity index is 0.000000246. The average molecular weight is 273 g/mol. The number of carbonyl (C=O) groups is 1. The average Bonchev–Trinajstić information content (AvgIpc) is 2.82. The van der Waals surface area contributed by atoms with Crippen molar-refractivity contribution in [2.75, 3.05) is 0 Å². The Kier molecular flexibility index (Phi) is 7.23. The van der Waals surface area contributed by atoms with Crippen LogP contribution in [-0.4, -0.2) is 5.78 Å². The van der Waals surface area contributed by atoms with Gasteiger partial charge >= 0.3 is 19.5 Å². The second kappa shape index (κ2) is 7.64. The summed E-state index contributed by atoms with van der Waals surface area (Å²) in [6, 6.07) is 0. The van der Waals surface area contributed by atoms with Crippen LogP contribution < -0.4 is 0 Å². The second-order valence-electron chi connectivity index (χ2n) is 2.76. The Hall–Kier alpha value is -0.747. The van der Waals surface area contributed by atoms with E-state index < -0.39 is 0 Å². The van der Waals surface area contributed by atoms with Crippen molar-refractivity contribution < 1.29 is 24.3 Å². The Labute approximate surface area is 98.0 Å². The van der Waals surface area contributed by atoms with E-state index in [1.165, 1.54) is 0 Å². The van der Waals surface area contributed by atoms with Crippen molar-refractivity contribution in [3.63, 3.8) is 0 Å². The predicted molar refractivity (Wildman–Crippen MR) is 52.8 cm³/mol. The molecule has 2 rings (SSSR count). The fraction of sp³-hybridized carbons (Fsp3) is 0.250. The number of hydrogen-bond donors (Lipinski definition) is 0. The molecule has 0 bridgehead atoms. The monoisotopic (exact) mass is 274 g/mol. The number of hydrogen-bond acceptors (Lipinski definition) is 1. The van der Waals surface area contributed by atoms with Gasteiger partial charge in [-0.2, -0.15) is 23.8 Å². The quantitative estimate of drug-likeness (QED) is 0.530. The summed E-state index contributed by atoms with van der Waals surface area (Å²) >= 11 is 0. The normalized spacial score (nSPS) is 15.6. The summed E-state index contributed by atoms with van der Waals surface area (Å²) in [6.07, 6.45) is 17.4. The third kappa shape index (κ3) is 5.08. The molecule has 0 aromatic rings. The molecule has 0 aliphatic heterocycles. The van der Waals surface area contributed by atoms with E-state index in [1.54, 1.807) is 6.92 Å². The zero-order valence-corrected chi connectivity index (χ0v) is 9.80. The van der Waals surface area contributed by atoms with Gasteiger partial charge in [-0.05, 0) is 6.92 Å². The van der Waals surface area contributed by atoms with Gasteiger partial charge in [0.05, 0.1) is 0 Å². The molecule has 0 aromatic carbocycles. The van der Waals surface area contributed by atoms with Crippen LogP contribution in [0.3, 0.4) is 0 Å². The van der Waals surface area contributed by atoms with Gasteiger partial charge in [-0.1, -0.05) is 6.42 Å². The van der Waals surface area contributed by atoms with E-state index in [-0.39, 0.29) is 25.3 Å². The maximum atomic E-state index is 10.5. The molecule has 0 saturated carbocycles. The van der Waals surface area contributed by atoms with Crippen molar-refractivity contribution in [2.24, 2.45) is 0 Å². The fourth-order valence-electron chi connectivity index (χ4n) is 0.987. The zero-order chi connectivity index (χ0) is 9.52. The predicted octanol–water partition coefficient (Wildman–Crippen LogP) is 2.57. The van der Waals surface area contributed by atoms with Crippen LogP contribution in [-0.2, 0) is 24.3 Å². The first kappa shape index (κ1) is 13.3. The van der Waals surface area contributed by atoms with Crippen molar-refractivity contribution in [1.82, 2.24) is 0 Å². The van der Waals surface area contributed by atoms with Gasteiger partial charge in [-0.3, -0.25) is 6.08 Å². The molecule has 14 heavy (non-hydrogen) atoms. The van der Waals surface area contributed by atoms with E-state index in [1.807, 2.05) is 24.3 Å². The first-order chi connectivity index (χ1) is 6.30. The van der Waals surface area contributed by atoms with Gasteiger partial charge in [0.15, 0.2) is 0 Å². The third-order valence-corrected chi connectivity index (χ3v) is 1.66. The SMILES string of the molecule is CC(=O)C1=[C-]CC=C1.[C-]1=CC=CC1.[Ru+2]. The van der Waals surface area contributed by atoms with Crippen LogP contribution in [0.1, 0.15) is 19.8 Å². The summed E-state index contributed by atoms with van der Waals surface area (Å²) in [5.41, 5.74) is 0.727. The van der Waals surface area contributed by atoms with E-state index in [0.717, 1.165) is 18.4 Å². The van der Waals surface area contributed by atoms with Gasteiger partial charge in [0.1, 0.15) is 0 Å². The first-order valence-corrected chi connectivity index (χ1v) is 4.31. The molecule has 0 heterocycles. The molecule has 0 saturated heterocycles. The minimum Gasteiger partial charge on any atom is -0.371 e. The van der Waals surface area contributed by atoms with Crippen LogP contribution in [0.5, 0.6) is 0 Å². The van der Waals surface area contributed by atoms with Crippen LogP contribution >= 0.6 is 0 Å². The van der Waals surface area contributed by atoms with Gasteiger partial charge in [0, 0.05) is 5.78 Å². The largest absolute Gasteiger partial charge is 2.00 e. The van der Waals surface area contributed by atoms with E-state index in [0.29, 0.717) is 0 Å². The van der Waals surface area contributed by atoms with Gasteiger partial charge in [0.2, 0.25) is 0 Å². The van der Waals surface area contributed by atoms with Crippen molar-refractivity contribution >= 4 is 5.78 Å². The van der Waals surface area contributed by atoms with E-state index in [9.17, 15) is 4.79 Å². The molecule has 0 radical (unpaired) electrons. The van der Waals surface area contributed by atoms with Crippen molar-refractivity contribution in [3.8, 4) is 0 Å². The Morgan fingerprint density at radius 2 is 2.14 bits per heavy atom. The molecule has 0 amide bonds. The molecule has 2 aliphatic rings. The molecule has 74 valence electrons. The minimum absolute atomic E-state index is 0. The van der Waals surface area contributed by atoms with Crippen LogP contribution in [0.15, 0.2) is 36.0 Å². The van der Waals surface area contributed by atoms with Crippen molar-refractivity contribution in [1.29, 1.82) is 0 Å². The van der Waals surface area contributed by atoms with Crippen LogP contribution in [0.4, 0.5) is 0 Å². The fourth-order valence-corrected chi connectivity index (χ4v) is 0.987. The standard InChI is InChI=1S/C7H7O.C5H5.Ru/c1-6(8)7-4-2-3-5-7;1-2-4-5-3-1;/h2,4H,3H2,1H3;1-3H,4H2;/q2*-1;+2. The van der Waals surface area contributed by atoms with Crippen LogP contribution in [0.25, 0.3) is 0 Å². The minimum atomic E-state index is 0. The molecule has 2 aliphatic carbocycles. The van der Waals surface area contributed by atoms with E-state index >= 15 is 0 Å². The molecule has 0 N–H and O–H groups in total. The molecular formula is C12H12ORu. The Bertz CT molecular complexity index is 285. The maximum absolute atomic E-state index is 10.5. The molecule has 0 unspecified atom stereocenters. The van der Waals surface area contributed by atoms with Gasteiger partial charge in [-0.25, -0.2) is 12.2 Å².